The molecule has 0 aliphatic carbocycles. The number of rotatable bonds is 7. The zero-order valence-corrected chi connectivity index (χ0v) is 18.4. The van der Waals surface area contributed by atoms with E-state index in [-0.39, 0.29) is 17.6 Å². The van der Waals surface area contributed by atoms with E-state index >= 15 is 0 Å². The van der Waals surface area contributed by atoms with Crippen molar-refractivity contribution >= 4 is 35.0 Å². The fourth-order valence-corrected chi connectivity index (χ4v) is 3.84. The van der Waals surface area contributed by atoms with Gasteiger partial charge in [0.25, 0.3) is 5.89 Å². The van der Waals surface area contributed by atoms with Gasteiger partial charge >= 0.3 is 0 Å². The molecule has 4 aromatic rings. The number of carbonyl (C=O) groups excluding carboxylic acids is 1. The minimum atomic E-state index is -0.154. The second-order valence-corrected chi connectivity index (χ2v) is 8.07. The highest BCUT2D eigenvalue weighted by molar-refractivity contribution is 7.99. The topological polar surface area (TPSA) is 98.7 Å². The van der Waals surface area contributed by atoms with Crippen LogP contribution in [0.5, 0.6) is 0 Å². The van der Waals surface area contributed by atoms with Crippen molar-refractivity contribution in [3.8, 4) is 23.1 Å². The van der Waals surface area contributed by atoms with Gasteiger partial charge in [0.2, 0.25) is 17.6 Å². The van der Waals surface area contributed by atoms with Gasteiger partial charge < -0.3 is 9.84 Å². The van der Waals surface area contributed by atoms with Gasteiger partial charge in [0, 0.05) is 22.8 Å². The van der Waals surface area contributed by atoms with Crippen LogP contribution in [-0.2, 0) is 11.3 Å². The summed E-state index contributed by atoms with van der Waals surface area (Å²) in [5, 5.41) is 16.5. The van der Waals surface area contributed by atoms with Crippen LogP contribution >= 0.6 is 23.4 Å². The van der Waals surface area contributed by atoms with Crippen molar-refractivity contribution in [1.82, 2.24) is 24.9 Å². The molecule has 1 amide bonds. The number of benzene rings is 2. The van der Waals surface area contributed by atoms with Gasteiger partial charge in [-0.25, -0.2) is 0 Å². The molecule has 4 rings (SSSR count). The number of nitrogens with zero attached hydrogens (tertiary/aromatic N) is 5. The third kappa shape index (κ3) is 4.95. The number of aryl methyl sites for hydroxylation is 1. The third-order valence-electron chi connectivity index (χ3n) is 4.39. The maximum absolute atomic E-state index is 12.3. The number of halogens is 1. The van der Waals surface area contributed by atoms with E-state index in [0.717, 1.165) is 11.1 Å². The van der Waals surface area contributed by atoms with E-state index < -0.39 is 0 Å². The Hall–Kier alpha value is -3.17. The molecule has 1 N–H and O–H groups in total. The second-order valence-electron chi connectivity index (χ2n) is 6.69. The molecular weight excluding hydrogens is 436 g/mol. The molecule has 2 heterocycles. The van der Waals surface area contributed by atoms with E-state index in [2.05, 4.69) is 25.7 Å². The Bertz CT molecular complexity index is 1200. The SMILES string of the molecule is CCn1c(SCC(=O)Nc2ccc(Cl)cc2)nnc1-c1nc(-c2cccc(C)c2)no1. The summed E-state index contributed by atoms with van der Waals surface area (Å²) in [6.45, 7) is 4.55. The van der Waals surface area contributed by atoms with E-state index in [0.29, 0.717) is 34.1 Å². The molecule has 0 spiro atoms. The molecule has 8 nitrogen and oxygen atoms in total. The van der Waals surface area contributed by atoms with Crippen molar-refractivity contribution in [1.29, 1.82) is 0 Å². The van der Waals surface area contributed by atoms with Crippen LogP contribution in [0, 0.1) is 6.92 Å². The summed E-state index contributed by atoms with van der Waals surface area (Å²) in [6.07, 6.45) is 0. The second kappa shape index (κ2) is 9.32. The Labute approximate surface area is 188 Å². The van der Waals surface area contributed by atoms with E-state index in [1.807, 2.05) is 42.7 Å². The lowest BCUT2D eigenvalue weighted by molar-refractivity contribution is -0.113. The molecule has 10 heteroatoms. The average Bonchev–Trinajstić information content (AvgIpc) is 3.40. The van der Waals surface area contributed by atoms with Gasteiger partial charge in [-0.15, -0.1) is 10.2 Å². The summed E-state index contributed by atoms with van der Waals surface area (Å²) < 4.78 is 7.27. The van der Waals surface area contributed by atoms with Crippen LogP contribution in [0.15, 0.2) is 58.2 Å². The minimum absolute atomic E-state index is 0.154. The number of hydrogen-bond donors (Lipinski definition) is 1. The van der Waals surface area contributed by atoms with E-state index in [1.54, 1.807) is 24.3 Å². The van der Waals surface area contributed by atoms with Crippen molar-refractivity contribution < 1.29 is 9.32 Å². The van der Waals surface area contributed by atoms with Crippen molar-refractivity contribution in [3.63, 3.8) is 0 Å². The summed E-state index contributed by atoms with van der Waals surface area (Å²) >= 11 is 7.15. The highest BCUT2D eigenvalue weighted by atomic mass is 35.5. The Morgan fingerprint density at radius 1 is 1.19 bits per heavy atom. The summed E-state index contributed by atoms with van der Waals surface area (Å²) in [5.74, 6) is 1.26. The third-order valence-corrected chi connectivity index (χ3v) is 5.61. The maximum Gasteiger partial charge on any atom is 0.296 e. The lowest BCUT2D eigenvalue weighted by Crippen LogP contribution is -2.14. The highest BCUT2D eigenvalue weighted by Gasteiger charge is 2.20. The van der Waals surface area contributed by atoms with Crippen LogP contribution in [0.3, 0.4) is 0 Å². The molecular formula is C21H19ClN6O2S. The van der Waals surface area contributed by atoms with Crippen LogP contribution in [0.4, 0.5) is 5.69 Å². The average molecular weight is 455 g/mol. The van der Waals surface area contributed by atoms with E-state index in [4.69, 9.17) is 16.1 Å². The largest absolute Gasteiger partial charge is 0.330 e. The molecule has 0 aliphatic rings. The number of anilines is 1. The van der Waals surface area contributed by atoms with Crippen LogP contribution in [0.25, 0.3) is 23.1 Å². The molecule has 0 atom stereocenters. The molecule has 31 heavy (non-hydrogen) atoms. The molecule has 0 unspecified atom stereocenters. The molecule has 2 aromatic heterocycles. The van der Waals surface area contributed by atoms with E-state index in [1.165, 1.54) is 11.8 Å². The first-order valence-electron chi connectivity index (χ1n) is 9.56. The molecule has 2 aromatic carbocycles. The monoisotopic (exact) mass is 454 g/mol. The van der Waals surface area contributed by atoms with Crippen molar-refractivity contribution in [2.75, 3.05) is 11.1 Å². The lowest BCUT2D eigenvalue weighted by atomic mass is 10.1. The number of aromatic nitrogens is 5. The first-order valence-corrected chi connectivity index (χ1v) is 10.9. The normalized spacial score (nSPS) is 10.9. The number of nitrogens with one attached hydrogen (secondary N) is 1. The molecule has 0 fully saturated rings. The molecule has 0 saturated heterocycles. The quantitative estimate of drug-likeness (QED) is 0.404. The molecule has 0 aliphatic heterocycles. The molecule has 0 radical (unpaired) electrons. The Morgan fingerprint density at radius 3 is 2.74 bits per heavy atom. The van der Waals surface area contributed by atoms with Crippen molar-refractivity contribution in [2.45, 2.75) is 25.5 Å². The first-order chi connectivity index (χ1) is 15.0. The fourth-order valence-electron chi connectivity index (χ4n) is 2.91. The van der Waals surface area contributed by atoms with Gasteiger partial charge in [0.05, 0.1) is 5.75 Å². The van der Waals surface area contributed by atoms with Crippen LogP contribution in [0.1, 0.15) is 12.5 Å². The van der Waals surface area contributed by atoms with Crippen molar-refractivity contribution in [3.05, 3.63) is 59.1 Å². The van der Waals surface area contributed by atoms with Crippen LogP contribution < -0.4 is 5.32 Å². The smallest absolute Gasteiger partial charge is 0.296 e. The number of hydrogen-bond acceptors (Lipinski definition) is 7. The summed E-state index contributed by atoms with van der Waals surface area (Å²) in [6, 6.07) is 14.8. The van der Waals surface area contributed by atoms with Gasteiger partial charge in [-0.3, -0.25) is 9.36 Å². The van der Waals surface area contributed by atoms with Gasteiger partial charge in [0.1, 0.15) is 0 Å². The number of thioether (sulfide) groups is 1. The van der Waals surface area contributed by atoms with Gasteiger partial charge in [-0.2, -0.15) is 4.98 Å². The van der Waals surface area contributed by atoms with E-state index in [9.17, 15) is 4.79 Å². The zero-order chi connectivity index (χ0) is 21.8. The van der Waals surface area contributed by atoms with Crippen LogP contribution in [0.2, 0.25) is 5.02 Å². The van der Waals surface area contributed by atoms with Crippen LogP contribution in [-0.4, -0.2) is 36.6 Å². The lowest BCUT2D eigenvalue weighted by Gasteiger charge is -2.06. The minimum Gasteiger partial charge on any atom is -0.330 e. The predicted molar refractivity (Wildman–Crippen MR) is 120 cm³/mol. The zero-order valence-electron chi connectivity index (χ0n) is 16.9. The maximum atomic E-state index is 12.3. The van der Waals surface area contributed by atoms with Gasteiger partial charge in [-0.1, -0.05) is 52.3 Å². The van der Waals surface area contributed by atoms with Gasteiger partial charge in [0.15, 0.2) is 5.16 Å². The highest BCUT2D eigenvalue weighted by Crippen LogP contribution is 2.25. The fraction of sp³-hybridized carbons (Fsp3) is 0.190. The Balaban J connectivity index is 1.46. The number of amides is 1. The molecule has 0 bridgehead atoms. The van der Waals surface area contributed by atoms with Crippen molar-refractivity contribution in [2.24, 2.45) is 0 Å². The summed E-state index contributed by atoms with van der Waals surface area (Å²) in [5.41, 5.74) is 2.66. The standard InChI is InChI=1S/C21H19ClN6O2S/c1-3-28-19(20-24-18(27-30-20)14-6-4-5-13(2)11-14)25-26-21(28)31-12-17(29)23-16-9-7-15(22)8-10-16/h4-11H,3,12H2,1-2H3,(H,23,29). The predicted octanol–water partition coefficient (Wildman–Crippen LogP) is 4.71. The number of carbonyl (C=O) groups is 1. The Morgan fingerprint density at radius 2 is 2.00 bits per heavy atom. The Kier molecular flexibility index (Phi) is 6.34. The molecule has 158 valence electrons. The van der Waals surface area contributed by atoms with Gasteiger partial charge in [-0.05, 0) is 44.2 Å². The summed E-state index contributed by atoms with van der Waals surface area (Å²) in [7, 11) is 0. The summed E-state index contributed by atoms with van der Waals surface area (Å²) in [4.78, 5) is 16.7. The first kappa shape index (κ1) is 21.1. The molecule has 0 saturated carbocycles.